The van der Waals surface area contributed by atoms with Crippen LogP contribution in [0.3, 0.4) is 0 Å². The summed E-state index contributed by atoms with van der Waals surface area (Å²) >= 11 is 1.90. The van der Waals surface area contributed by atoms with E-state index in [1.807, 2.05) is 36.0 Å². The zero-order valence-electron chi connectivity index (χ0n) is 13.9. The second-order valence-electron chi connectivity index (χ2n) is 6.72. The average Bonchev–Trinajstić information content (AvgIpc) is 2.79. The molecule has 4 heteroatoms. The quantitative estimate of drug-likeness (QED) is 0.793. The van der Waals surface area contributed by atoms with Crippen LogP contribution in [0.1, 0.15) is 39.7 Å². The number of rotatable bonds is 5. The van der Waals surface area contributed by atoms with Crippen LogP contribution in [-0.2, 0) is 0 Å². The van der Waals surface area contributed by atoms with E-state index in [0.29, 0.717) is 22.6 Å². The number of nitriles is 1. The predicted molar refractivity (Wildman–Crippen MR) is 95.5 cm³/mol. The molecule has 2 rings (SSSR count). The molecule has 1 aliphatic heterocycles. The van der Waals surface area contributed by atoms with Crippen LogP contribution in [0.5, 0.6) is 0 Å². The first-order valence-corrected chi connectivity index (χ1v) is 8.86. The van der Waals surface area contributed by atoms with Crippen LogP contribution in [-0.4, -0.2) is 28.4 Å². The van der Waals surface area contributed by atoms with Crippen molar-refractivity contribution < 1.29 is 0 Å². The van der Waals surface area contributed by atoms with E-state index in [-0.39, 0.29) is 0 Å². The Hall–Kier alpha value is -1.47. The lowest BCUT2D eigenvalue weighted by Gasteiger charge is -2.20. The summed E-state index contributed by atoms with van der Waals surface area (Å²) in [6, 6.07) is 9.66. The zero-order valence-corrected chi connectivity index (χ0v) is 14.7. The average molecular weight is 315 g/mol. The van der Waals surface area contributed by atoms with Gasteiger partial charge in [-0.25, -0.2) is 4.99 Å². The Bertz CT molecular complexity index is 555. The van der Waals surface area contributed by atoms with Gasteiger partial charge in [-0.3, -0.25) is 0 Å². The summed E-state index contributed by atoms with van der Waals surface area (Å²) in [5.74, 6) is 1.34. The number of nitrogens with zero attached hydrogens (tertiary/aromatic N) is 3. The molecule has 0 N–H and O–H groups in total. The molecule has 0 radical (unpaired) electrons. The highest BCUT2D eigenvalue weighted by Crippen LogP contribution is 2.32. The molecular weight excluding hydrogens is 290 g/mol. The molecular formula is C18H25N3S. The first-order valence-electron chi connectivity index (χ1n) is 7.98. The molecule has 1 unspecified atom stereocenters. The van der Waals surface area contributed by atoms with Crippen molar-refractivity contribution in [2.75, 3.05) is 13.1 Å². The van der Waals surface area contributed by atoms with Gasteiger partial charge in [-0.1, -0.05) is 39.5 Å². The Kier molecular flexibility index (Phi) is 5.90. The van der Waals surface area contributed by atoms with E-state index >= 15 is 0 Å². The standard InChI is InChI=1S/C18H25N3S/c1-13(2)9-17-12-21(11-14(3)4)18(22-17)20-16-7-5-15(10-19)6-8-16/h5-8,13-14,17H,9,11-12H2,1-4H3/b20-18-. The van der Waals surface area contributed by atoms with Crippen LogP contribution >= 0.6 is 11.8 Å². The molecule has 0 aromatic heterocycles. The van der Waals surface area contributed by atoms with E-state index in [1.165, 1.54) is 6.42 Å². The van der Waals surface area contributed by atoms with Gasteiger partial charge >= 0.3 is 0 Å². The Labute approximate surface area is 138 Å². The molecule has 0 saturated carbocycles. The summed E-state index contributed by atoms with van der Waals surface area (Å²) in [6.45, 7) is 11.2. The van der Waals surface area contributed by atoms with Gasteiger partial charge in [0.1, 0.15) is 0 Å². The van der Waals surface area contributed by atoms with Gasteiger partial charge in [0.25, 0.3) is 0 Å². The van der Waals surface area contributed by atoms with Gasteiger partial charge in [0.2, 0.25) is 0 Å². The highest BCUT2D eigenvalue weighted by atomic mass is 32.2. The Morgan fingerprint density at radius 1 is 1.23 bits per heavy atom. The second-order valence-corrected chi connectivity index (χ2v) is 7.99. The fraction of sp³-hybridized carbons (Fsp3) is 0.556. The van der Waals surface area contributed by atoms with Crippen molar-refractivity contribution in [1.82, 2.24) is 4.90 Å². The number of thioether (sulfide) groups is 1. The fourth-order valence-corrected chi connectivity index (χ4v) is 4.13. The molecule has 1 heterocycles. The van der Waals surface area contributed by atoms with Crippen molar-refractivity contribution in [2.24, 2.45) is 16.8 Å². The Morgan fingerprint density at radius 3 is 2.45 bits per heavy atom. The minimum absolute atomic E-state index is 0.629. The SMILES string of the molecule is CC(C)CC1CN(CC(C)C)/C(=N/c2ccc(C#N)cc2)S1. The summed E-state index contributed by atoms with van der Waals surface area (Å²) in [5.41, 5.74) is 1.61. The second kappa shape index (κ2) is 7.69. The Balaban J connectivity index is 2.16. The summed E-state index contributed by atoms with van der Waals surface area (Å²) in [7, 11) is 0. The lowest BCUT2D eigenvalue weighted by Crippen LogP contribution is -2.29. The van der Waals surface area contributed by atoms with E-state index in [0.717, 1.165) is 23.9 Å². The molecule has 1 saturated heterocycles. The van der Waals surface area contributed by atoms with Crippen LogP contribution < -0.4 is 0 Å². The van der Waals surface area contributed by atoms with E-state index < -0.39 is 0 Å². The van der Waals surface area contributed by atoms with E-state index in [9.17, 15) is 0 Å². The summed E-state index contributed by atoms with van der Waals surface area (Å²) < 4.78 is 0. The summed E-state index contributed by atoms with van der Waals surface area (Å²) in [4.78, 5) is 7.24. The fourth-order valence-electron chi connectivity index (χ4n) is 2.64. The molecule has 1 fully saturated rings. The zero-order chi connectivity index (χ0) is 16.1. The molecule has 1 aliphatic rings. The van der Waals surface area contributed by atoms with Crippen LogP contribution in [0.2, 0.25) is 0 Å². The van der Waals surface area contributed by atoms with Crippen LogP contribution in [0.15, 0.2) is 29.3 Å². The molecule has 3 nitrogen and oxygen atoms in total. The van der Waals surface area contributed by atoms with Crippen molar-refractivity contribution in [2.45, 2.75) is 39.4 Å². The van der Waals surface area contributed by atoms with Crippen molar-refractivity contribution in [1.29, 1.82) is 5.26 Å². The third-order valence-electron chi connectivity index (χ3n) is 3.51. The molecule has 0 bridgehead atoms. The first-order chi connectivity index (χ1) is 10.5. The number of benzene rings is 1. The summed E-state index contributed by atoms with van der Waals surface area (Å²) in [5, 5.41) is 10.6. The van der Waals surface area contributed by atoms with Gasteiger partial charge in [-0.15, -0.1) is 0 Å². The highest BCUT2D eigenvalue weighted by Gasteiger charge is 2.29. The van der Waals surface area contributed by atoms with Crippen molar-refractivity contribution in [3.05, 3.63) is 29.8 Å². The maximum Gasteiger partial charge on any atom is 0.164 e. The molecule has 118 valence electrons. The third kappa shape index (κ3) is 4.78. The predicted octanol–water partition coefficient (Wildman–Crippen LogP) is 4.67. The summed E-state index contributed by atoms with van der Waals surface area (Å²) in [6.07, 6.45) is 1.23. The molecule has 22 heavy (non-hydrogen) atoms. The van der Waals surface area contributed by atoms with Crippen molar-refractivity contribution in [3.63, 3.8) is 0 Å². The van der Waals surface area contributed by atoms with Gasteiger partial charge in [0.05, 0.1) is 17.3 Å². The maximum absolute atomic E-state index is 8.87. The Morgan fingerprint density at radius 2 is 1.91 bits per heavy atom. The lowest BCUT2D eigenvalue weighted by molar-refractivity contribution is 0.368. The molecule has 0 spiro atoms. The molecule has 1 aromatic rings. The molecule has 1 atom stereocenters. The maximum atomic E-state index is 8.87. The number of amidine groups is 1. The number of hydrogen-bond donors (Lipinski definition) is 0. The highest BCUT2D eigenvalue weighted by molar-refractivity contribution is 8.14. The van der Waals surface area contributed by atoms with Gasteiger partial charge in [0, 0.05) is 18.3 Å². The van der Waals surface area contributed by atoms with Crippen LogP contribution in [0, 0.1) is 23.2 Å². The topological polar surface area (TPSA) is 39.4 Å². The van der Waals surface area contributed by atoms with Crippen molar-refractivity contribution >= 4 is 22.6 Å². The van der Waals surface area contributed by atoms with Crippen LogP contribution in [0.4, 0.5) is 5.69 Å². The molecule has 0 aliphatic carbocycles. The van der Waals surface area contributed by atoms with Crippen molar-refractivity contribution in [3.8, 4) is 6.07 Å². The minimum atomic E-state index is 0.629. The monoisotopic (exact) mass is 315 g/mol. The van der Waals surface area contributed by atoms with Gasteiger partial charge < -0.3 is 4.90 Å². The smallest absolute Gasteiger partial charge is 0.164 e. The van der Waals surface area contributed by atoms with Gasteiger partial charge in [0.15, 0.2) is 5.17 Å². The first kappa shape index (κ1) is 16.9. The number of aliphatic imine (C=N–C) groups is 1. The molecule has 0 amide bonds. The van der Waals surface area contributed by atoms with Gasteiger partial charge in [-0.2, -0.15) is 5.26 Å². The van der Waals surface area contributed by atoms with E-state index in [2.05, 4.69) is 38.7 Å². The normalized spacial score (nSPS) is 20.1. The van der Waals surface area contributed by atoms with Gasteiger partial charge in [-0.05, 0) is 42.5 Å². The van der Waals surface area contributed by atoms with Crippen LogP contribution in [0.25, 0.3) is 0 Å². The van der Waals surface area contributed by atoms with E-state index in [4.69, 9.17) is 10.3 Å². The number of hydrogen-bond acceptors (Lipinski definition) is 3. The minimum Gasteiger partial charge on any atom is -0.350 e. The molecule has 1 aromatic carbocycles. The lowest BCUT2D eigenvalue weighted by atomic mass is 10.1. The third-order valence-corrected chi connectivity index (χ3v) is 4.74. The van der Waals surface area contributed by atoms with E-state index in [1.54, 1.807) is 0 Å². The largest absolute Gasteiger partial charge is 0.350 e.